The number of halogens is 2. The van der Waals surface area contributed by atoms with Crippen molar-refractivity contribution in [2.75, 3.05) is 7.11 Å². The van der Waals surface area contributed by atoms with E-state index in [9.17, 15) is 24.4 Å². The highest BCUT2D eigenvalue weighted by molar-refractivity contribution is 9.10. The van der Waals surface area contributed by atoms with Gasteiger partial charge in [-0.3, -0.25) is 10.1 Å². The molecule has 0 aliphatic heterocycles. The normalized spacial score (nSPS) is 9.41. The van der Waals surface area contributed by atoms with Crippen LogP contribution >= 0.6 is 15.9 Å². The summed E-state index contributed by atoms with van der Waals surface area (Å²) in [6, 6.07) is 9.57. The van der Waals surface area contributed by atoms with Crippen LogP contribution < -0.4 is 0 Å². The Bertz CT molecular complexity index is 693. The number of ether oxygens (including phenoxy) is 1. The quantitative estimate of drug-likeness (QED) is 0.494. The number of para-hydroxylation sites is 1. The second-order valence-corrected chi connectivity index (χ2v) is 4.78. The Balaban J connectivity index is 0.000000224. The van der Waals surface area contributed by atoms with E-state index in [4.69, 9.17) is 0 Å². The fourth-order valence-corrected chi connectivity index (χ4v) is 1.74. The van der Waals surface area contributed by atoms with Crippen LogP contribution in [-0.4, -0.2) is 23.1 Å². The summed E-state index contributed by atoms with van der Waals surface area (Å²) in [4.78, 5) is 20.2. The zero-order chi connectivity index (χ0) is 16.7. The van der Waals surface area contributed by atoms with Crippen molar-refractivity contribution in [3.8, 4) is 5.75 Å². The molecular formula is C14H11BrFNO5. The van der Waals surface area contributed by atoms with E-state index in [1.165, 1.54) is 31.4 Å². The molecular weight excluding hydrogens is 361 g/mol. The maximum atomic E-state index is 12.4. The number of carbonyl (C=O) groups is 1. The average Bonchev–Trinajstić information content (AvgIpc) is 2.49. The summed E-state index contributed by atoms with van der Waals surface area (Å²) < 4.78 is 17.6. The van der Waals surface area contributed by atoms with Crippen LogP contribution in [0.1, 0.15) is 10.4 Å². The number of nitro groups is 1. The zero-order valence-corrected chi connectivity index (χ0v) is 12.9. The van der Waals surface area contributed by atoms with Gasteiger partial charge in [0.25, 0.3) is 0 Å². The first-order valence-electron chi connectivity index (χ1n) is 5.82. The number of phenols is 1. The number of nitrogens with zero attached hydrogens (tertiary/aromatic N) is 1. The standard InChI is InChI=1S/C8H7BrO3.C6H4FNO2/c1-12-8(11)6-4-5(9)2-3-7(6)10;7-5-3-1-2-4-6(5)8(9)10/h2-4,10H,1H3;1-4H. The molecule has 0 saturated carbocycles. The number of methoxy groups -OCH3 is 1. The number of rotatable bonds is 2. The van der Waals surface area contributed by atoms with Crippen molar-refractivity contribution in [1.29, 1.82) is 0 Å². The van der Waals surface area contributed by atoms with Gasteiger partial charge >= 0.3 is 11.7 Å². The van der Waals surface area contributed by atoms with E-state index >= 15 is 0 Å². The van der Waals surface area contributed by atoms with Gasteiger partial charge < -0.3 is 9.84 Å². The average molecular weight is 372 g/mol. The van der Waals surface area contributed by atoms with Crippen LogP contribution in [0, 0.1) is 15.9 Å². The summed E-state index contributed by atoms with van der Waals surface area (Å²) in [6.45, 7) is 0. The van der Waals surface area contributed by atoms with Crippen molar-refractivity contribution >= 4 is 27.6 Å². The summed E-state index contributed by atoms with van der Waals surface area (Å²) >= 11 is 3.17. The number of phenolic OH excluding ortho intramolecular Hbond substituents is 1. The fourth-order valence-electron chi connectivity index (χ4n) is 1.38. The third kappa shape index (κ3) is 4.81. The van der Waals surface area contributed by atoms with Gasteiger partial charge in [-0.15, -0.1) is 0 Å². The van der Waals surface area contributed by atoms with Crippen molar-refractivity contribution in [2.24, 2.45) is 0 Å². The minimum atomic E-state index is -0.799. The number of aromatic hydroxyl groups is 1. The summed E-state index contributed by atoms with van der Waals surface area (Å²) in [5.74, 6) is -1.42. The lowest BCUT2D eigenvalue weighted by Crippen LogP contribution is -2.01. The molecule has 0 amide bonds. The first-order chi connectivity index (χ1) is 10.4. The molecule has 0 atom stereocenters. The molecule has 22 heavy (non-hydrogen) atoms. The summed E-state index contributed by atoms with van der Waals surface area (Å²) in [5, 5.41) is 19.2. The molecule has 2 rings (SSSR count). The van der Waals surface area contributed by atoms with Crippen molar-refractivity contribution in [2.45, 2.75) is 0 Å². The van der Waals surface area contributed by atoms with Crippen LogP contribution in [0.15, 0.2) is 46.9 Å². The molecule has 0 aromatic heterocycles. The Morgan fingerprint density at radius 3 is 2.45 bits per heavy atom. The third-order valence-corrected chi connectivity index (χ3v) is 2.91. The highest BCUT2D eigenvalue weighted by Gasteiger charge is 2.11. The van der Waals surface area contributed by atoms with Gasteiger partial charge in [0.05, 0.1) is 12.0 Å². The molecule has 2 aromatic rings. The van der Waals surface area contributed by atoms with Crippen molar-refractivity contribution in [1.82, 2.24) is 0 Å². The molecule has 2 aromatic carbocycles. The number of nitro benzene ring substituents is 1. The molecule has 0 aliphatic carbocycles. The molecule has 0 radical (unpaired) electrons. The SMILES string of the molecule is COC(=O)c1cc(Br)ccc1O.O=[N+]([O-])c1ccccc1F. The molecule has 1 N–H and O–H groups in total. The van der Waals surface area contributed by atoms with Crippen molar-refractivity contribution in [3.05, 3.63) is 68.4 Å². The zero-order valence-electron chi connectivity index (χ0n) is 11.3. The summed E-state index contributed by atoms with van der Waals surface area (Å²) in [7, 11) is 1.27. The van der Waals surface area contributed by atoms with E-state index < -0.39 is 22.4 Å². The number of hydrogen-bond donors (Lipinski definition) is 1. The highest BCUT2D eigenvalue weighted by atomic mass is 79.9. The minimum absolute atomic E-state index is 0.0787. The molecule has 0 heterocycles. The van der Waals surface area contributed by atoms with Gasteiger partial charge in [-0.05, 0) is 24.3 Å². The topological polar surface area (TPSA) is 89.7 Å². The Morgan fingerprint density at radius 2 is 1.95 bits per heavy atom. The number of esters is 1. The predicted molar refractivity (Wildman–Crippen MR) is 80.2 cm³/mol. The molecule has 116 valence electrons. The molecule has 0 spiro atoms. The van der Waals surface area contributed by atoms with Crippen LogP contribution in [0.5, 0.6) is 5.75 Å². The lowest BCUT2D eigenvalue weighted by Gasteiger charge is -2.01. The number of benzene rings is 2. The van der Waals surface area contributed by atoms with Crippen LogP contribution in [0.4, 0.5) is 10.1 Å². The largest absolute Gasteiger partial charge is 0.507 e. The lowest BCUT2D eigenvalue weighted by molar-refractivity contribution is -0.387. The van der Waals surface area contributed by atoms with Crippen molar-refractivity contribution < 1.29 is 24.0 Å². The number of carbonyl (C=O) groups excluding carboxylic acids is 1. The summed E-state index contributed by atoms with van der Waals surface area (Å²) in [6.07, 6.45) is 0. The molecule has 0 saturated heterocycles. The van der Waals surface area contributed by atoms with Crippen LogP contribution in [-0.2, 0) is 4.74 Å². The lowest BCUT2D eigenvalue weighted by atomic mass is 10.2. The van der Waals surface area contributed by atoms with E-state index in [-0.39, 0.29) is 11.3 Å². The fraction of sp³-hybridized carbons (Fsp3) is 0.0714. The van der Waals surface area contributed by atoms with Gasteiger partial charge in [-0.25, -0.2) is 4.79 Å². The van der Waals surface area contributed by atoms with Gasteiger partial charge in [0.15, 0.2) is 0 Å². The second kappa shape index (κ2) is 8.08. The monoisotopic (exact) mass is 371 g/mol. The molecule has 0 bridgehead atoms. The maximum Gasteiger partial charge on any atom is 0.341 e. The molecule has 0 aliphatic rings. The van der Waals surface area contributed by atoms with Crippen LogP contribution in [0.3, 0.4) is 0 Å². The summed E-state index contributed by atoms with van der Waals surface area (Å²) in [5.41, 5.74) is -0.325. The smallest absolute Gasteiger partial charge is 0.341 e. The first-order valence-corrected chi connectivity index (χ1v) is 6.62. The highest BCUT2D eigenvalue weighted by Crippen LogP contribution is 2.22. The third-order valence-electron chi connectivity index (χ3n) is 2.41. The van der Waals surface area contributed by atoms with Crippen molar-refractivity contribution in [3.63, 3.8) is 0 Å². The Labute approximate surface area is 133 Å². The first kappa shape index (κ1) is 17.6. The van der Waals surface area contributed by atoms with Gasteiger partial charge in [0.2, 0.25) is 5.82 Å². The van der Waals surface area contributed by atoms with Gasteiger partial charge in [0.1, 0.15) is 11.3 Å². The molecule has 6 nitrogen and oxygen atoms in total. The Kier molecular flexibility index (Phi) is 6.46. The molecule has 0 unspecified atom stereocenters. The van der Waals surface area contributed by atoms with E-state index in [0.29, 0.717) is 0 Å². The minimum Gasteiger partial charge on any atom is -0.507 e. The molecule has 0 fully saturated rings. The predicted octanol–water partition coefficient (Wildman–Crippen LogP) is 3.68. The Morgan fingerprint density at radius 1 is 1.32 bits per heavy atom. The maximum absolute atomic E-state index is 12.4. The number of hydrogen-bond acceptors (Lipinski definition) is 5. The second-order valence-electron chi connectivity index (χ2n) is 3.86. The van der Waals surface area contributed by atoms with Gasteiger partial charge in [-0.2, -0.15) is 4.39 Å². The Hall–Kier alpha value is -2.48. The van der Waals surface area contributed by atoms with Gasteiger partial charge in [-0.1, -0.05) is 28.1 Å². The van der Waals surface area contributed by atoms with Gasteiger partial charge in [0, 0.05) is 10.5 Å². The van der Waals surface area contributed by atoms with Crippen LogP contribution in [0.2, 0.25) is 0 Å². The van der Waals surface area contributed by atoms with E-state index in [1.807, 2.05) is 0 Å². The van der Waals surface area contributed by atoms with E-state index in [1.54, 1.807) is 6.07 Å². The van der Waals surface area contributed by atoms with Crippen LogP contribution in [0.25, 0.3) is 0 Å². The van der Waals surface area contributed by atoms with E-state index in [0.717, 1.165) is 16.6 Å². The van der Waals surface area contributed by atoms with E-state index in [2.05, 4.69) is 20.7 Å². The molecule has 8 heteroatoms.